The molecule has 0 aromatic rings. The van der Waals surface area contributed by atoms with Crippen LogP contribution in [0.25, 0.3) is 0 Å². The summed E-state index contributed by atoms with van der Waals surface area (Å²) in [5.41, 5.74) is -0.539. The monoisotopic (exact) mass is 368 g/mol. The van der Waals surface area contributed by atoms with Crippen LogP contribution in [0.3, 0.4) is 0 Å². The van der Waals surface area contributed by atoms with E-state index < -0.39 is 48.1 Å². The van der Waals surface area contributed by atoms with Crippen LogP contribution in [0.4, 0.5) is 9.18 Å². The largest absolute Gasteiger partial charge is 0.479 e. The molecule has 146 valence electrons. The van der Waals surface area contributed by atoms with Crippen molar-refractivity contribution < 1.29 is 43.9 Å². The lowest BCUT2D eigenvalue weighted by Gasteiger charge is -2.28. The third-order valence-electron chi connectivity index (χ3n) is 2.92. The molecule has 1 aliphatic heterocycles. The molecule has 0 spiro atoms. The molecule has 0 aliphatic carbocycles. The maximum Gasteiger partial charge on any atom is 0.407 e. The molecule has 1 heterocycles. The number of rotatable bonds is 4. The smallest absolute Gasteiger partial charge is 0.407 e. The van der Waals surface area contributed by atoms with E-state index in [1.54, 1.807) is 20.8 Å². The standard InChI is InChI=1S/C10H19FN2O2.C4H6O6/c1-10(2,3)15-9(14)13-8-4-5-12-6-7(8)11;5-1(3(7)8)2(6)4(9)10/h7-8,12H,4-6H2,1-3H3,(H,13,14);1-2,5-6H,(H,7,8)(H,9,10)/t7-,8+;1-,2-/m10/s1. The van der Waals surface area contributed by atoms with Crippen molar-refractivity contribution in [1.82, 2.24) is 10.6 Å². The van der Waals surface area contributed by atoms with Crippen molar-refractivity contribution in [3.63, 3.8) is 0 Å². The Morgan fingerprint density at radius 3 is 2.00 bits per heavy atom. The first-order chi connectivity index (χ1) is 11.3. The zero-order chi connectivity index (χ0) is 19.8. The molecule has 0 aromatic heterocycles. The Labute approximate surface area is 144 Å². The van der Waals surface area contributed by atoms with Crippen molar-refractivity contribution in [3.8, 4) is 0 Å². The van der Waals surface area contributed by atoms with Crippen molar-refractivity contribution >= 4 is 18.0 Å². The zero-order valence-electron chi connectivity index (χ0n) is 14.2. The van der Waals surface area contributed by atoms with Gasteiger partial charge in [0.05, 0.1) is 6.04 Å². The predicted molar refractivity (Wildman–Crippen MR) is 82.8 cm³/mol. The molecule has 4 atom stereocenters. The van der Waals surface area contributed by atoms with Crippen LogP contribution in [0.15, 0.2) is 0 Å². The van der Waals surface area contributed by atoms with Crippen molar-refractivity contribution in [3.05, 3.63) is 0 Å². The van der Waals surface area contributed by atoms with Gasteiger partial charge < -0.3 is 35.8 Å². The number of carbonyl (C=O) groups excluding carboxylic acids is 1. The normalized spacial score (nSPS) is 22.6. The Balaban J connectivity index is 0.000000504. The zero-order valence-corrected chi connectivity index (χ0v) is 14.2. The fourth-order valence-electron chi connectivity index (χ4n) is 1.71. The Bertz CT molecular complexity index is 450. The highest BCUT2D eigenvalue weighted by Gasteiger charge is 2.29. The third kappa shape index (κ3) is 9.79. The SMILES string of the molecule is CC(C)(C)OC(=O)N[C@H]1CCNC[C@H]1F.O=C(O)[C@@H](O)[C@H](O)C(=O)O. The quantitative estimate of drug-likeness (QED) is 0.368. The molecule has 0 bridgehead atoms. The minimum absolute atomic E-state index is 0.292. The van der Waals surface area contributed by atoms with Crippen LogP contribution in [0, 0.1) is 0 Å². The second-order valence-corrected chi connectivity index (χ2v) is 6.33. The summed E-state index contributed by atoms with van der Waals surface area (Å²) >= 11 is 0. The molecule has 1 fully saturated rings. The summed E-state index contributed by atoms with van der Waals surface area (Å²) in [6, 6.07) is -0.430. The topological polar surface area (TPSA) is 165 Å². The highest BCUT2D eigenvalue weighted by atomic mass is 19.1. The highest BCUT2D eigenvalue weighted by molar-refractivity contribution is 5.83. The number of aliphatic hydroxyl groups is 2. The molecule has 0 unspecified atom stereocenters. The van der Waals surface area contributed by atoms with E-state index in [-0.39, 0.29) is 0 Å². The maximum atomic E-state index is 13.3. The number of hydrogen-bond acceptors (Lipinski definition) is 7. The molecule has 1 amide bonds. The molecule has 1 rings (SSSR count). The van der Waals surface area contributed by atoms with Crippen LogP contribution >= 0.6 is 0 Å². The molecule has 11 heteroatoms. The molecular weight excluding hydrogens is 343 g/mol. The van der Waals surface area contributed by atoms with Gasteiger partial charge in [-0.2, -0.15) is 0 Å². The molecular formula is C14H25FN2O8. The first kappa shape index (κ1) is 23.0. The number of piperidine rings is 1. The van der Waals surface area contributed by atoms with Crippen LogP contribution in [-0.4, -0.2) is 81.6 Å². The molecule has 10 nitrogen and oxygen atoms in total. The summed E-state index contributed by atoms with van der Waals surface area (Å²) in [4.78, 5) is 30.9. The van der Waals surface area contributed by atoms with E-state index in [0.29, 0.717) is 13.0 Å². The fraction of sp³-hybridized carbons (Fsp3) is 0.786. The van der Waals surface area contributed by atoms with Crippen molar-refractivity contribution in [2.45, 2.75) is 57.2 Å². The summed E-state index contributed by atoms with van der Waals surface area (Å²) < 4.78 is 18.4. The molecule has 1 saturated heterocycles. The summed E-state index contributed by atoms with van der Waals surface area (Å²) in [6.45, 7) is 6.35. The second kappa shape index (κ2) is 10.1. The Hall–Kier alpha value is -1.98. The van der Waals surface area contributed by atoms with Crippen LogP contribution in [0.5, 0.6) is 0 Å². The molecule has 6 N–H and O–H groups in total. The lowest BCUT2D eigenvalue weighted by atomic mass is 10.1. The number of alkyl carbamates (subject to hydrolysis) is 1. The Kier molecular flexibility index (Phi) is 9.31. The number of alkyl halides is 1. The third-order valence-corrected chi connectivity index (χ3v) is 2.92. The van der Waals surface area contributed by atoms with Gasteiger partial charge in [-0.3, -0.25) is 0 Å². The number of amides is 1. The van der Waals surface area contributed by atoms with Crippen LogP contribution in [-0.2, 0) is 14.3 Å². The van der Waals surface area contributed by atoms with Gasteiger partial charge in [-0.25, -0.2) is 18.8 Å². The number of carboxylic acid groups (broad SMARTS) is 2. The Morgan fingerprint density at radius 1 is 1.16 bits per heavy atom. The van der Waals surface area contributed by atoms with Crippen molar-refractivity contribution in [2.24, 2.45) is 0 Å². The van der Waals surface area contributed by atoms with Crippen LogP contribution in [0.1, 0.15) is 27.2 Å². The van der Waals surface area contributed by atoms with Crippen molar-refractivity contribution in [1.29, 1.82) is 0 Å². The molecule has 1 aliphatic rings. The van der Waals surface area contributed by atoms with Crippen LogP contribution < -0.4 is 10.6 Å². The highest BCUT2D eigenvalue weighted by Crippen LogP contribution is 2.10. The number of ether oxygens (including phenoxy) is 1. The number of carbonyl (C=O) groups is 3. The van der Waals surface area contributed by atoms with E-state index in [1.807, 2.05) is 0 Å². The summed E-state index contributed by atoms with van der Waals surface area (Å²) in [7, 11) is 0. The first-order valence-electron chi connectivity index (χ1n) is 7.51. The molecule has 25 heavy (non-hydrogen) atoms. The van der Waals surface area contributed by atoms with Crippen LogP contribution in [0.2, 0.25) is 0 Å². The van der Waals surface area contributed by atoms with E-state index in [2.05, 4.69) is 10.6 Å². The minimum Gasteiger partial charge on any atom is -0.479 e. The summed E-state index contributed by atoms with van der Waals surface area (Å²) in [5.74, 6) is -3.54. The maximum absolute atomic E-state index is 13.3. The average Bonchev–Trinajstić information content (AvgIpc) is 2.46. The average molecular weight is 368 g/mol. The van der Waals surface area contributed by atoms with E-state index in [1.165, 1.54) is 0 Å². The van der Waals surface area contributed by atoms with Gasteiger partial charge in [0.15, 0.2) is 12.2 Å². The number of hydrogen-bond donors (Lipinski definition) is 6. The lowest BCUT2D eigenvalue weighted by molar-refractivity contribution is -0.165. The van der Waals surface area contributed by atoms with Crippen molar-refractivity contribution in [2.75, 3.05) is 13.1 Å². The van der Waals surface area contributed by atoms with Gasteiger partial charge in [0.25, 0.3) is 0 Å². The molecule has 0 radical (unpaired) electrons. The summed E-state index contributed by atoms with van der Waals surface area (Å²) in [6.07, 6.45) is -5.52. The van der Waals surface area contributed by atoms with E-state index in [0.717, 1.165) is 6.54 Å². The lowest BCUT2D eigenvalue weighted by Crippen LogP contribution is -2.51. The number of aliphatic carboxylic acids is 2. The van der Waals surface area contributed by atoms with Gasteiger partial charge in [0, 0.05) is 6.54 Å². The van der Waals surface area contributed by atoms with Gasteiger partial charge in [-0.05, 0) is 33.7 Å². The first-order valence-corrected chi connectivity index (χ1v) is 7.51. The number of halogens is 1. The van der Waals surface area contributed by atoms with Gasteiger partial charge in [-0.1, -0.05) is 0 Å². The number of carboxylic acids is 2. The fourth-order valence-corrected chi connectivity index (χ4v) is 1.71. The Morgan fingerprint density at radius 2 is 1.64 bits per heavy atom. The van der Waals surface area contributed by atoms with E-state index in [4.69, 9.17) is 25.2 Å². The summed E-state index contributed by atoms with van der Waals surface area (Å²) in [5, 5.41) is 38.0. The predicted octanol–water partition coefficient (Wildman–Crippen LogP) is -0.911. The minimum atomic E-state index is -2.27. The number of nitrogens with one attached hydrogen (secondary N) is 2. The van der Waals surface area contributed by atoms with E-state index in [9.17, 15) is 18.8 Å². The molecule has 0 saturated carbocycles. The van der Waals surface area contributed by atoms with Gasteiger partial charge >= 0.3 is 18.0 Å². The van der Waals surface area contributed by atoms with Gasteiger partial charge in [0.1, 0.15) is 11.8 Å². The number of aliphatic hydroxyl groups excluding tert-OH is 2. The van der Waals surface area contributed by atoms with Gasteiger partial charge in [-0.15, -0.1) is 0 Å². The van der Waals surface area contributed by atoms with Gasteiger partial charge in [0.2, 0.25) is 0 Å². The van der Waals surface area contributed by atoms with E-state index >= 15 is 0 Å². The second-order valence-electron chi connectivity index (χ2n) is 6.33. The molecule has 0 aromatic carbocycles.